The van der Waals surface area contributed by atoms with Crippen molar-refractivity contribution in [1.29, 1.82) is 0 Å². The van der Waals surface area contributed by atoms with Crippen LogP contribution >= 0.6 is 27.7 Å². The minimum absolute atomic E-state index is 0.224. The van der Waals surface area contributed by atoms with Gasteiger partial charge in [0.2, 0.25) is 5.91 Å². The maximum absolute atomic E-state index is 13.0. The van der Waals surface area contributed by atoms with Crippen LogP contribution in [-0.4, -0.2) is 66.8 Å². The van der Waals surface area contributed by atoms with E-state index in [9.17, 15) is 14.4 Å². The number of carbonyl (C=O) groups is 3. The molecule has 2 fully saturated rings. The van der Waals surface area contributed by atoms with Gasteiger partial charge < -0.3 is 19.1 Å². The molecule has 4 rings (SSSR count). The van der Waals surface area contributed by atoms with Crippen LogP contribution in [0.5, 0.6) is 11.5 Å². The molecule has 0 atom stereocenters. The number of hydrogen-bond donors (Lipinski definition) is 0. The Morgan fingerprint density at radius 1 is 1.15 bits per heavy atom. The molecule has 0 radical (unpaired) electrons. The number of rotatable bonds is 7. The highest BCUT2D eigenvalue weighted by atomic mass is 79.9. The molecule has 8 nitrogen and oxygen atoms in total. The number of carbonyl (C=O) groups excluding carboxylic acids is 3. The Hall–Kier alpha value is -2.82. The third-order valence-electron chi connectivity index (χ3n) is 5.34. The largest absolute Gasteiger partial charge is 0.493 e. The van der Waals surface area contributed by atoms with Gasteiger partial charge in [-0.25, -0.2) is 0 Å². The van der Waals surface area contributed by atoms with Gasteiger partial charge in [0, 0.05) is 23.1 Å². The van der Waals surface area contributed by atoms with Crippen LogP contribution in [-0.2, 0) is 20.9 Å². The van der Waals surface area contributed by atoms with Gasteiger partial charge >= 0.3 is 0 Å². The van der Waals surface area contributed by atoms with Crippen LogP contribution in [0.25, 0.3) is 6.08 Å². The van der Waals surface area contributed by atoms with Gasteiger partial charge in [0.05, 0.1) is 25.2 Å². The molecule has 2 saturated heterocycles. The molecule has 0 aliphatic carbocycles. The van der Waals surface area contributed by atoms with Crippen molar-refractivity contribution in [2.75, 3.05) is 40.0 Å². The number of halogens is 1. The van der Waals surface area contributed by atoms with E-state index in [0.29, 0.717) is 50.0 Å². The molecular formula is C24H23BrN2O6S. The number of imide groups is 1. The molecule has 34 heavy (non-hydrogen) atoms. The molecule has 0 aromatic heterocycles. The van der Waals surface area contributed by atoms with Crippen LogP contribution in [0.2, 0.25) is 0 Å². The lowest BCUT2D eigenvalue weighted by Crippen LogP contribution is -2.46. The Bertz CT molecular complexity index is 1110. The number of ether oxygens (including phenoxy) is 3. The number of para-hydroxylation sites is 1. The summed E-state index contributed by atoms with van der Waals surface area (Å²) >= 11 is 4.22. The Morgan fingerprint density at radius 3 is 2.59 bits per heavy atom. The zero-order valence-corrected chi connectivity index (χ0v) is 20.9. The van der Waals surface area contributed by atoms with Crippen LogP contribution in [0.3, 0.4) is 0 Å². The topological polar surface area (TPSA) is 85.4 Å². The number of morpholine rings is 1. The molecule has 10 heteroatoms. The first-order chi connectivity index (χ1) is 16.5. The third kappa shape index (κ3) is 5.63. The Kier molecular flexibility index (Phi) is 7.91. The normalized spacial score (nSPS) is 17.4. The predicted molar refractivity (Wildman–Crippen MR) is 132 cm³/mol. The summed E-state index contributed by atoms with van der Waals surface area (Å²) in [6, 6.07) is 13.1. The van der Waals surface area contributed by atoms with Crippen molar-refractivity contribution in [1.82, 2.24) is 9.80 Å². The van der Waals surface area contributed by atoms with E-state index in [1.807, 2.05) is 24.3 Å². The van der Waals surface area contributed by atoms with Gasteiger partial charge in [-0.3, -0.25) is 19.3 Å². The lowest BCUT2D eigenvalue weighted by molar-refractivity contribution is -0.139. The Balaban J connectivity index is 1.52. The van der Waals surface area contributed by atoms with Crippen LogP contribution in [0, 0.1) is 0 Å². The number of methoxy groups -OCH3 is 1. The van der Waals surface area contributed by atoms with E-state index in [1.165, 1.54) is 7.11 Å². The SMILES string of the molecule is COc1cccc(/C=C2\SC(=O)N(CC(=O)N3CCOCC3)C2=O)c1OCc1ccc(Br)cc1. The van der Waals surface area contributed by atoms with Crippen molar-refractivity contribution < 1.29 is 28.6 Å². The predicted octanol–water partition coefficient (Wildman–Crippen LogP) is 3.93. The second kappa shape index (κ2) is 11.1. The van der Waals surface area contributed by atoms with Crippen molar-refractivity contribution in [3.05, 3.63) is 63.0 Å². The highest BCUT2D eigenvalue weighted by Crippen LogP contribution is 2.37. The summed E-state index contributed by atoms with van der Waals surface area (Å²) < 4.78 is 17.7. The quantitative estimate of drug-likeness (QED) is 0.486. The molecule has 3 amide bonds. The van der Waals surface area contributed by atoms with Gasteiger partial charge in [0.1, 0.15) is 13.2 Å². The lowest BCUT2D eigenvalue weighted by Gasteiger charge is -2.28. The fourth-order valence-corrected chi connectivity index (χ4v) is 4.62. The maximum Gasteiger partial charge on any atom is 0.294 e. The maximum atomic E-state index is 13.0. The molecule has 178 valence electrons. The summed E-state index contributed by atoms with van der Waals surface area (Å²) in [6.07, 6.45) is 1.60. The minimum Gasteiger partial charge on any atom is -0.493 e. The molecule has 2 heterocycles. The van der Waals surface area contributed by atoms with E-state index in [0.717, 1.165) is 26.7 Å². The van der Waals surface area contributed by atoms with Crippen LogP contribution in [0.15, 0.2) is 51.8 Å². The number of nitrogens with zero attached hydrogens (tertiary/aromatic N) is 2. The average molecular weight is 547 g/mol. The summed E-state index contributed by atoms with van der Waals surface area (Å²) in [5.41, 5.74) is 1.56. The summed E-state index contributed by atoms with van der Waals surface area (Å²) in [7, 11) is 1.54. The van der Waals surface area contributed by atoms with Crippen molar-refractivity contribution in [2.45, 2.75) is 6.61 Å². The zero-order chi connectivity index (χ0) is 24.1. The van der Waals surface area contributed by atoms with E-state index in [-0.39, 0.29) is 17.4 Å². The summed E-state index contributed by atoms with van der Waals surface area (Å²) in [6.45, 7) is 1.82. The smallest absolute Gasteiger partial charge is 0.294 e. The summed E-state index contributed by atoms with van der Waals surface area (Å²) in [5.74, 6) is 0.196. The van der Waals surface area contributed by atoms with Crippen molar-refractivity contribution in [2.24, 2.45) is 0 Å². The molecule has 0 N–H and O–H groups in total. The van der Waals surface area contributed by atoms with E-state index >= 15 is 0 Å². The fourth-order valence-electron chi connectivity index (χ4n) is 3.52. The monoisotopic (exact) mass is 546 g/mol. The van der Waals surface area contributed by atoms with Crippen molar-refractivity contribution in [3.8, 4) is 11.5 Å². The second-order valence-electron chi connectivity index (χ2n) is 7.55. The van der Waals surface area contributed by atoms with Gasteiger partial charge in [-0.2, -0.15) is 0 Å². The average Bonchev–Trinajstić information content (AvgIpc) is 3.11. The molecule has 2 aromatic rings. The number of thioether (sulfide) groups is 1. The first-order valence-corrected chi connectivity index (χ1v) is 12.2. The fraction of sp³-hybridized carbons (Fsp3) is 0.292. The van der Waals surface area contributed by atoms with Gasteiger partial charge in [-0.1, -0.05) is 40.2 Å². The van der Waals surface area contributed by atoms with Crippen molar-refractivity contribution >= 4 is 50.8 Å². The molecule has 0 unspecified atom stereocenters. The van der Waals surface area contributed by atoms with E-state index in [2.05, 4.69) is 15.9 Å². The molecule has 0 saturated carbocycles. The molecular weight excluding hydrogens is 524 g/mol. The lowest BCUT2D eigenvalue weighted by atomic mass is 10.1. The summed E-state index contributed by atoms with van der Waals surface area (Å²) in [5, 5.41) is -0.474. The number of amides is 3. The Labute approximate surface area is 210 Å². The molecule has 2 aliphatic heterocycles. The van der Waals surface area contributed by atoms with Gasteiger partial charge in [-0.15, -0.1) is 0 Å². The number of benzene rings is 2. The number of hydrogen-bond acceptors (Lipinski definition) is 7. The Morgan fingerprint density at radius 2 is 1.88 bits per heavy atom. The third-order valence-corrected chi connectivity index (χ3v) is 6.78. The first-order valence-electron chi connectivity index (χ1n) is 10.6. The van der Waals surface area contributed by atoms with Crippen molar-refractivity contribution in [3.63, 3.8) is 0 Å². The second-order valence-corrected chi connectivity index (χ2v) is 9.46. The highest BCUT2D eigenvalue weighted by molar-refractivity contribution is 9.10. The minimum atomic E-state index is -0.502. The molecule has 0 bridgehead atoms. The van der Waals surface area contributed by atoms with E-state index < -0.39 is 11.1 Å². The van der Waals surface area contributed by atoms with Crippen LogP contribution in [0.4, 0.5) is 4.79 Å². The molecule has 2 aromatic carbocycles. The van der Waals surface area contributed by atoms with Gasteiger partial charge in [0.25, 0.3) is 11.1 Å². The van der Waals surface area contributed by atoms with Gasteiger partial charge in [0.15, 0.2) is 11.5 Å². The van der Waals surface area contributed by atoms with Gasteiger partial charge in [-0.05, 0) is 41.6 Å². The highest BCUT2D eigenvalue weighted by Gasteiger charge is 2.37. The molecule has 0 spiro atoms. The first kappa shape index (κ1) is 24.3. The molecule has 2 aliphatic rings. The standard InChI is InChI=1S/C24H23BrN2O6S/c1-31-19-4-2-3-17(22(19)33-15-16-5-7-18(25)8-6-16)13-20-23(29)27(24(30)34-20)14-21(28)26-9-11-32-12-10-26/h2-8,13H,9-12,14-15H2,1H3/b20-13-. The van der Waals surface area contributed by atoms with Crippen LogP contribution < -0.4 is 9.47 Å². The van der Waals surface area contributed by atoms with E-state index in [1.54, 1.807) is 29.2 Å². The summed E-state index contributed by atoms with van der Waals surface area (Å²) in [4.78, 5) is 40.8. The van der Waals surface area contributed by atoms with E-state index in [4.69, 9.17) is 14.2 Å². The zero-order valence-electron chi connectivity index (χ0n) is 18.5. The van der Waals surface area contributed by atoms with Crippen LogP contribution in [0.1, 0.15) is 11.1 Å².